The van der Waals surface area contributed by atoms with Gasteiger partial charge >= 0.3 is 0 Å². The Morgan fingerprint density at radius 2 is 2.07 bits per heavy atom. The van der Waals surface area contributed by atoms with E-state index in [2.05, 4.69) is 36.0 Å². The molecule has 2 heterocycles. The Balaban J connectivity index is 1.90. The molecule has 15 heavy (non-hydrogen) atoms. The van der Waals surface area contributed by atoms with E-state index in [9.17, 15) is 0 Å². The third kappa shape index (κ3) is 3.12. The number of rotatable bonds is 4. The van der Waals surface area contributed by atoms with Gasteiger partial charge in [0.1, 0.15) is 0 Å². The third-order valence-corrected chi connectivity index (χ3v) is 3.88. The van der Waals surface area contributed by atoms with Crippen molar-refractivity contribution in [2.75, 3.05) is 7.05 Å². The van der Waals surface area contributed by atoms with Crippen molar-refractivity contribution in [3.05, 3.63) is 38.5 Å². The molecule has 0 radical (unpaired) electrons. The fourth-order valence-electron chi connectivity index (χ4n) is 1.48. The van der Waals surface area contributed by atoms with Gasteiger partial charge in [-0.3, -0.25) is 9.88 Å². The molecule has 0 aromatic carbocycles. The van der Waals surface area contributed by atoms with Gasteiger partial charge in [-0.05, 0) is 26.1 Å². The lowest BCUT2D eigenvalue weighted by Crippen LogP contribution is -2.15. The fourth-order valence-corrected chi connectivity index (χ4v) is 3.12. The van der Waals surface area contributed by atoms with Gasteiger partial charge in [0.25, 0.3) is 0 Å². The molecule has 0 bridgehead atoms. The lowest BCUT2D eigenvalue weighted by atomic mass is 10.4. The van der Waals surface area contributed by atoms with Crippen LogP contribution < -0.4 is 0 Å². The zero-order valence-corrected chi connectivity index (χ0v) is 10.6. The lowest BCUT2D eigenvalue weighted by molar-refractivity contribution is 0.325. The van der Waals surface area contributed by atoms with Gasteiger partial charge in [-0.15, -0.1) is 22.7 Å². The summed E-state index contributed by atoms with van der Waals surface area (Å²) in [5.41, 5.74) is 1.89. The zero-order valence-electron chi connectivity index (χ0n) is 8.93. The topological polar surface area (TPSA) is 16.1 Å². The summed E-state index contributed by atoms with van der Waals surface area (Å²) >= 11 is 3.59. The van der Waals surface area contributed by atoms with Crippen molar-refractivity contribution in [3.8, 4) is 0 Å². The van der Waals surface area contributed by atoms with Crippen LogP contribution >= 0.6 is 22.7 Å². The summed E-state index contributed by atoms with van der Waals surface area (Å²) < 4.78 is 0. The highest BCUT2D eigenvalue weighted by Crippen LogP contribution is 2.18. The highest BCUT2D eigenvalue weighted by Gasteiger charge is 2.04. The Kier molecular flexibility index (Phi) is 3.51. The van der Waals surface area contributed by atoms with E-state index in [4.69, 9.17) is 0 Å². The summed E-state index contributed by atoms with van der Waals surface area (Å²) in [6.07, 6.45) is 1.95. The SMILES string of the molecule is Cc1ccc(CN(C)Cc2cncs2)s1. The maximum atomic E-state index is 4.08. The molecular formula is C11H14N2S2. The van der Waals surface area contributed by atoms with Gasteiger partial charge in [0.2, 0.25) is 0 Å². The molecule has 2 aromatic rings. The van der Waals surface area contributed by atoms with Crippen LogP contribution in [0.3, 0.4) is 0 Å². The minimum Gasteiger partial charge on any atom is -0.296 e. The monoisotopic (exact) mass is 238 g/mol. The number of hydrogen-bond donors (Lipinski definition) is 0. The van der Waals surface area contributed by atoms with Crippen LogP contribution in [0.5, 0.6) is 0 Å². The second-order valence-electron chi connectivity index (χ2n) is 3.65. The molecule has 2 nitrogen and oxygen atoms in total. The van der Waals surface area contributed by atoms with Crippen LogP contribution in [0.4, 0.5) is 0 Å². The molecule has 0 spiro atoms. The van der Waals surface area contributed by atoms with Gasteiger partial charge in [-0.25, -0.2) is 0 Å². The average molecular weight is 238 g/mol. The number of thiophene rings is 1. The number of nitrogens with zero attached hydrogens (tertiary/aromatic N) is 2. The Labute approximate surface area is 98.2 Å². The van der Waals surface area contributed by atoms with E-state index >= 15 is 0 Å². The predicted molar refractivity (Wildman–Crippen MR) is 66.3 cm³/mol. The van der Waals surface area contributed by atoms with Crippen LogP contribution in [0.25, 0.3) is 0 Å². The third-order valence-electron chi connectivity index (χ3n) is 2.13. The molecule has 0 atom stereocenters. The minimum absolute atomic E-state index is 0.988. The predicted octanol–water partition coefficient (Wildman–Crippen LogP) is 3.15. The molecule has 0 N–H and O–H groups in total. The smallest absolute Gasteiger partial charge is 0.0794 e. The minimum atomic E-state index is 0.988. The van der Waals surface area contributed by atoms with Crippen molar-refractivity contribution >= 4 is 22.7 Å². The Morgan fingerprint density at radius 3 is 2.67 bits per heavy atom. The van der Waals surface area contributed by atoms with Crippen molar-refractivity contribution < 1.29 is 0 Å². The van der Waals surface area contributed by atoms with Crippen LogP contribution in [-0.4, -0.2) is 16.9 Å². The first-order valence-corrected chi connectivity index (χ1v) is 6.55. The molecule has 0 aliphatic rings. The average Bonchev–Trinajstić information content (AvgIpc) is 2.77. The zero-order chi connectivity index (χ0) is 10.7. The van der Waals surface area contributed by atoms with Crippen LogP contribution in [0.1, 0.15) is 14.6 Å². The molecule has 2 rings (SSSR count). The number of aryl methyl sites for hydroxylation is 1. The second kappa shape index (κ2) is 4.88. The molecular weight excluding hydrogens is 224 g/mol. The van der Waals surface area contributed by atoms with Gasteiger partial charge < -0.3 is 0 Å². The fraction of sp³-hybridized carbons (Fsp3) is 0.364. The standard InChI is InChI=1S/C11H14N2S2/c1-9-3-4-10(15-9)6-13(2)7-11-5-12-8-14-11/h3-5,8H,6-7H2,1-2H3. The second-order valence-corrected chi connectivity index (χ2v) is 6.00. The lowest BCUT2D eigenvalue weighted by Gasteiger charge is -2.13. The molecule has 0 amide bonds. The van der Waals surface area contributed by atoms with Gasteiger partial charge in [0, 0.05) is 33.9 Å². The number of aromatic nitrogens is 1. The van der Waals surface area contributed by atoms with E-state index < -0.39 is 0 Å². The maximum Gasteiger partial charge on any atom is 0.0794 e. The van der Waals surface area contributed by atoms with Crippen LogP contribution in [0, 0.1) is 6.92 Å². The molecule has 0 unspecified atom stereocenters. The highest BCUT2D eigenvalue weighted by atomic mass is 32.1. The quantitative estimate of drug-likeness (QED) is 0.813. The first-order valence-electron chi connectivity index (χ1n) is 4.85. The van der Waals surface area contributed by atoms with Crippen LogP contribution in [0.2, 0.25) is 0 Å². The van der Waals surface area contributed by atoms with E-state index in [1.165, 1.54) is 14.6 Å². The molecule has 0 aliphatic carbocycles. The van der Waals surface area contributed by atoms with E-state index in [-0.39, 0.29) is 0 Å². The Bertz CT molecular complexity index is 406. The Hall–Kier alpha value is -0.710. The van der Waals surface area contributed by atoms with Gasteiger partial charge in [0.15, 0.2) is 0 Å². The Morgan fingerprint density at radius 1 is 1.27 bits per heavy atom. The largest absolute Gasteiger partial charge is 0.296 e. The summed E-state index contributed by atoms with van der Waals surface area (Å²) in [7, 11) is 2.15. The van der Waals surface area contributed by atoms with Crippen LogP contribution in [-0.2, 0) is 13.1 Å². The van der Waals surface area contributed by atoms with Gasteiger partial charge in [-0.2, -0.15) is 0 Å². The van der Waals surface area contributed by atoms with Gasteiger partial charge in [0.05, 0.1) is 5.51 Å². The van der Waals surface area contributed by atoms with Crippen molar-refractivity contribution in [2.24, 2.45) is 0 Å². The summed E-state index contributed by atoms with van der Waals surface area (Å²) in [5.74, 6) is 0. The van der Waals surface area contributed by atoms with Crippen molar-refractivity contribution in [3.63, 3.8) is 0 Å². The van der Waals surface area contributed by atoms with Crippen molar-refractivity contribution in [1.29, 1.82) is 0 Å². The van der Waals surface area contributed by atoms with E-state index in [1.54, 1.807) is 11.3 Å². The summed E-state index contributed by atoms with van der Waals surface area (Å²) in [6.45, 7) is 4.16. The molecule has 0 saturated carbocycles. The van der Waals surface area contributed by atoms with Crippen LogP contribution in [0.15, 0.2) is 23.8 Å². The van der Waals surface area contributed by atoms with Crippen molar-refractivity contribution in [1.82, 2.24) is 9.88 Å². The maximum absolute atomic E-state index is 4.08. The summed E-state index contributed by atoms with van der Waals surface area (Å²) in [4.78, 5) is 10.5. The summed E-state index contributed by atoms with van der Waals surface area (Å²) in [5, 5.41) is 0. The molecule has 0 fully saturated rings. The molecule has 0 saturated heterocycles. The molecule has 0 aliphatic heterocycles. The molecule has 4 heteroatoms. The van der Waals surface area contributed by atoms with E-state index in [0.717, 1.165) is 13.1 Å². The van der Waals surface area contributed by atoms with E-state index in [1.807, 2.05) is 23.0 Å². The first-order chi connectivity index (χ1) is 7.24. The number of thiazole rings is 1. The normalized spacial score (nSPS) is 11.1. The van der Waals surface area contributed by atoms with Gasteiger partial charge in [-0.1, -0.05) is 0 Å². The van der Waals surface area contributed by atoms with Crippen molar-refractivity contribution in [2.45, 2.75) is 20.0 Å². The number of hydrogen-bond acceptors (Lipinski definition) is 4. The first kappa shape index (κ1) is 10.8. The highest BCUT2D eigenvalue weighted by molar-refractivity contribution is 7.11. The summed E-state index contributed by atoms with van der Waals surface area (Å²) in [6, 6.07) is 4.39. The molecule has 2 aromatic heterocycles. The van der Waals surface area contributed by atoms with E-state index in [0.29, 0.717) is 0 Å². The molecule has 80 valence electrons.